The zero-order chi connectivity index (χ0) is 15.9. The highest BCUT2D eigenvalue weighted by molar-refractivity contribution is 6.33. The number of benzene rings is 1. The Balaban J connectivity index is 2.19. The van der Waals surface area contributed by atoms with Gasteiger partial charge in [0.1, 0.15) is 17.7 Å². The maximum absolute atomic E-state index is 12.4. The first-order chi connectivity index (χ1) is 10.7. The van der Waals surface area contributed by atoms with E-state index in [9.17, 15) is 4.79 Å². The van der Waals surface area contributed by atoms with Gasteiger partial charge in [-0.3, -0.25) is 4.79 Å². The predicted octanol–water partition coefficient (Wildman–Crippen LogP) is 2.16. The quantitative estimate of drug-likeness (QED) is 0.863. The minimum absolute atomic E-state index is 0.0824. The number of nitriles is 2. The number of morpholine rings is 1. The number of hydrogen-bond donors (Lipinski definition) is 1. The van der Waals surface area contributed by atoms with Gasteiger partial charge in [0.15, 0.2) is 0 Å². The normalized spacial score (nSPS) is 13.7. The molecule has 1 fully saturated rings. The van der Waals surface area contributed by atoms with E-state index in [1.165, 1.54) is 6.20 Å². The van der Waals surface area contributed by atoms with Crippen molar-refractivity contribution in [2.45, 2.75) is 0 Å². The molecule has 2 rings (SSSR count). The van der Waals surface area contributed by atoms with Gasteiger partial charge in [0.25, 0.3) is 5.91 Å². The van der Waals surface area contributed by atoms with Crippen LogP contribution in [0.25, 0.3) is 0 Å². The summed E-state index contributed by atoms with van der Waals surface area (Å²) in [4.78, 5) is 14.1. The van der Waals surface area contributed by atoms with Crippen molar-refractivity contribution in [2.24, 2.45) is 0 Å². The van der Waals surface area contributed by atoms with Gasteiger partial charge < -0.3 is 15.0 Å². The molecule has 0 saturated carbocycles. The summed E-state index contributed by atoms with van der Waals surface area (Å²) in [5.41, 5.74) is 0.863. The number of rotatable bonds is 3. The second-order valence-corrected chi connectivity index (χ2v) is 4.93. The van der Waals surface area contributed by atoms with Crippen LogP contribution in [0.2, 0.25) is 5.02 Å². The van der Waals surface area contributed by atoms with E-state index in [-0.39, 0.29) is 11.5 Å². The molecule has 0 aliphatic carbocycles. The summed E-state index contributed by atoms with van der Waals surface area (Å²) in [5.74, 6) is -0.104. The monoisotopic (exact) mass is 316 g/mol. The molecule has 1 amide bonds. The molecule has 0 aromatic heterocycles. The van der Waals surface area contributed by atoms with Crippen LogP contribution in [0.4, 0.5) is 5.69 Å². The number of carbonyl (C=O) groups is 1. The fraction of sp³-hybridized carbons (Fsp3) is 0.267. The summed E-state index contributed by atoms with van der Waals surface area (Å²) in [5, 5.41) is 20.6. The molecule has 112 valence electrons. The van der Waals surface area contributed by atoms with Crippen LogP contribution in [-0.4, -0.2) is 37.1 Å². The number of hydrogen-bond acceptors (Lipinski definition) is 5. The lowest BCUT2D eigenvalue weighted by Crippen LogP contribution is -2.40. The SMILES string of the molecule is N#CC(C#N)=CNc1cc(C(=O)N2CCOCC2)ccc1Cl. The molecule has 1 N–H and O–H groups in total. The molecule has 1 aliphatic rings. The van der Waals surface area contributed by atoms with Crippen LogP contribution >= 0.6 is 11.6 Å². The third kappa shape index (κ3) is 3.76. The number of ether oxygens (including phenoxy) is 1. The van der Waals surface area contributed by atoms with Gasteiger partial charge in [-0.15, -0.1) is 0 Å². The Hall–Kier alpha value is -2.54. The molecule has 1 aromatic rings. The van der Waals surface area contributed by atoms with Gasteiger partial charge in [0, 0.05) is 24.9 Å². The Morgan fingerprint density at radius 2 is 2.00 bits per heavy atom. The Labute approximate surface area is 133 Å². The summed E-state index contributed by atoms with van der Waals surface area (Å²) in [6.07, 6.45) is 1.25. The molecular weight excluding hydrogens is 304 g/mol. The van der Waals surface area contributed by atoms with Gasteiger partial charge >= 0.3 is 0 Å². The minimum atomic E-state index is -0.104. The summed E-state index contributed by atoms with van der Waals surface area (Å²) >= 11 is 6.05. The number of allylic oxidation sites excluding steroid dienone is 1. The van der Waals surface area contributed by atoms with Gasteiger partial charge in [-0.25, -0.2) is 0 Å². The van der Waals surface area contributed by atoms with Crippen molar-refractivity contribution in [1.29, 1.82) is 10.5 Å². The van der Waals surface area contributed by atoms with Gasteiger partial charge in [-0.2, -0.15) is 10.5 Å². The topological polar surface area (TPSA) is 89.2 Å². The lowest BCUT2D eigenvalue weighted by molar-refractivity contribution is 0.0303. The van der Waals surface area contributed by atoms with E-state index in [1.807, 2.05) is 0 Å². The van der Waals surface area contributed by atoms with Crippen molar-refractivity contribution in [2.75, 3.05) is 31.6 Å². The second kappa shape index (κ2) is 7.46. The number of anilines is 1. The van der Waals surface area contributed by atoms with Gasteiger partial charge in [0.2, 0.25) is 0 Å². The third-order valence-electron chi connectivity index (χ3n) is 3.12. The second-order valence-electron chi connectivity index (χ2n) is 4.53. The van der Waals surface area contributed by atoms with E-state index in [0.29, 0.717) is 42.6 Å². The molecule has 1 heterocycles. The number of amides is 1. The molecule has 0 bridgehead atoms. The Morgan fingerprint density at radius 1 is 1.32 bits per heavy atom. The van der Waals surface area contributed by atoms with Crippen molar-refractivity contribution < 1.29 is 9.53 Å². The molecule has 22 heavy (non-hydrogen) atoms. The molecule has 0 spiro atoms. The van der Waals surface area contributed by atoms with Crippen LogP contribution in [-0.2, 0) is 4.74 Å². The number of carbonyl (C=O) groups excluding carboxylic acids is 1. The maximum Gasteiger partial charge on any atom is 0.254 e. The Bertz CT molecular complexity index is 666. The highest BCUT2D eigenvalue weighted by atomic mass is 35.5. The standard InChI is InChI=1S/C15H13ClN4O2/c16-13-2-1-12(15(21)20-3-5-22-6-4-20)7-14(13)19-10-11(8-17)9-18/h1-2,7,10,19H,3-6H2. The van der Waals surface area contributed by atoms with Crippen LogP contribution in [0.15, 0.2) is 30.0 Å². The zero-order valence-electron chi connectivity index (χ0n) is 11.7. The first kappa shape index (κ1) is 15.8. The Kier molecular flexibility index (Phi) is 5.37. The molecule has 0 atom stereocenters. The maximum atomic E-state index is 12.4. The summed E-state index contributed by atoms with van der Waals surface area (Å²) < 4.78 is 5.22. The number of nitrogens with one attached hydrogen (secondary N) is 1. The van der Waals surface area contributed by atoms with E-state index in [2.05, 4.69) is 5.32 Å². The van der Waals surface area contributed by atoms with Crippen LogP contribution in [0.3, 0.4) is 0 Å². The van der Waals surface area contributed by atoms with Gasteiger partial charge in [-0.1, -0.05) is 11.6 Å². The smallest absolute Gasteiger partial charge is 0.254 e. The summed E-state index contributed by atoms with van der Waals surface area (Å²) in [6.45, 7) is 2.16. The molecule has 1 aromatic carbocycles. The first-order valence-electron chi connectivity index (χ1n) is 6.59. The molecule has 0 radical (unpaired) electrons. The highest BCUT2D eigenvalue weighted by Gasteiger charge is 2.19. The largest absolute Gasteiger partial charge is 0.378 e. The summed E-state index contributed by atoms with van der Waals surface area (Å²) in [7, 11) is 0. The van der Waals surface area contributed by atoms with Crippen LogP contribution in [0, 0.1) is 22.7 Å². The van der Waals surface area contributed by atoms with Crippen molar-refractivity contribution in [1.82, 2.24) is 4.90 Å². The zero-order valence-corrected chi connectivity index (χ0v) is 12.4. The molecular formula is C15H13ClN4O2. The number of nitrogens with zero attached hydrogens (tertiary/aromatic N) is 3. The van der Waals surface area contributed by atoms with Crippen molar-refractivity contribution in [3.63, 3.8) is 0 Å². The third-order valence-corrected chi connectivity index (χ3v) is 3.45. The van der Waals surface area contributed by atoms with E-state index in [4.69, 9.17) is 26.9 Å². The lowest BCUT2D eigenvalue weighted by Gasteiger charge is -2.27. The van der Waals surface area contributed by atoms with Crippen molar-refractivity contribution in [3.05, 3.63) is 40.6 Å². The van der Waals surface area contributed by atoms with Crippen LogP contribution < -0.4 is 5.32 Å². The average Bonchev–Trinajstić information content (AvgIpc) is 2.57. The van der Waals surface area contributed by atoms with Crippen LogP contribution in [0.1, 0.15) is 10.4 Å². The van der Waals surface area contributed by atoms with E-state index in [0.717, 1.165) is 0 Å². The van der Waals surface area contributed by atoms with Crippen molar-refractivity contribution >= 4 is 23.2 Å². The minimum Gasteiger partial charge on any atom is -0.378 e. The highest BCUT2D eigenvalue weighted by Crippen LogP contribution is 2.24. The molecule has 0 unspecified atom stereocenters. The van der Waals surface area contributed by atoms with Crippen LogP contribution in [0.5, 0.6) is 0 Å². The summed E-state index contributed by atoms with van der Waals surface area (Å²) in [6, 6.07) is 8.32. The lowest BCUT2D eigenvalue weighted by atomic mass is 10.1. The first-order valence-corrected chi connectivity index (χ1v) is 6.97. The Morgan fingerprint density at radius 3 is 2.64 bits per heavy atom. The molecule has 6 nitrogen and oxygen atoms in total. The predicted molar refractivity (Wildman–Crippen MR) is 81.1 cm³/mol. The van der Waals surface area contributed by atoms with Crippen molar-refractivity contribution in [3.8, 4) is 12.1 Å². The van der Waals surface area contributed by atoms with E-state index < -0.39 is 0 Å². The fourth-order valence-corrected chi connectivity index (χ4v) is 2.13. The van der Waals surface area contributed by atoms with E-state index in [1.54, 1.807) is 35.2 Å². The van der Waals surface area contributed by atoms with Gasteiger partial charge in [0.05, 0.1) is 23.9 Å². The molecule has 1 saturated heterocycles. The molecule has 1 aliphatic heterocycles. The average molecular weight is 317 g/mol. The fourth-order valence-electron chi connectivity index (χ4n) is 1.96. The van der Waals surface area contributed by atoms with Gasteiger partial charge in [-0.05, 0) is 18.2 Å². The number of halogens is 1. The molecule has 7 heteroatoms. The van der Waals surface area contributed by atoms with E-state index >= 15 is 0 Å².